The van der Waals surface area contributed by atoms with E-state index >= 15 is 0 Å². The Balaban J connectivity index is 1.68. The molecule has 9 aliphatic rings. The van der Waals surface area contributed by atoms with Gasteiger partial charge in [-0.1, -0.05) is 29.3 Å². The van der Waals surface area contributed by atoms with Crippen molar-refractivity contribution in [2.75, 3.05) is 0 Å². The maximum atomic E-state index is 13.3. The number of aryl methyl sites for hydroxylation is 1. The fourth-order valence-electron chi connectivity index (χ4n) is 6.87. The topological polar surface area (TPSA) is 17.1 Å². The molecule has 0 amide bonds. The van der Waals surface area contributed by atoms with Crippen molar-refractivity contribution in [2.24, 2.45) is 17.3 Å². The first-order valence-electron chi connectivity index (χ1n) is 9.16. The van der Waals surface area contributed by atoms with E-state index in [-0.39, 0.29) is 11.3 Å². The molecule has 1 aromatic rings. The summed E-state index contributed by atoms with van der Waals surface area (Å²) in [5, 5.41) is 0. The molecule has 22 heavy (non-hydrogen) atoms. The number of hydrogen-bond acceptors (Lipinski definition) is 1. The zero-order valence-electron chi connectivity index (χ0n) is 13.0. The van der Waals surface area contributed by atoms with Gasteiger partial charge in [-0.3, -0.25) is 4.79 Å². The Labute approximate surface area is 131 Å². The summed E-state index contributed by atoms with van der Waals surface area (Å²) in [6, 6.07) is 6.83. The second kappa shape index (κ2) is 3.75. The Kier molecular flexibility index (Phi) is 2.06. The molecule has 4 unspecified atom stereocenters. The lowest BCUT2D eigenvalue weighted by Gasteiger charge is -2.41. The number of carbonyl (C=O) groups is 1. The molecule has 1 spiro atoms. The third-order valence-electron chi connectivity index (χ3n) is 7.79. The van der Waals surface area contributed by atoms with E-state index in [0.717, 1.165) is 24.3 Å². The number of ketones is 1. The van der Waals surface area contributed by atoms with Gasteiger partial charge in [0.1, 0.15) is 0 Å². The minimum Gasteiger partial charge on any atom is -0.294 e. The minimum atomic E-state index is 0.279. The Hall–Kier alpha value is -1.37. The van der Waals surface area contributed by atoms with Gasteiger partial charge in [0.05, 0.1) is 0 Å². The Bertz CT molecular complexity index is 755. The van der Waals surface area contributed by atoms with Gasteiger partial charge in [-0.05, 0) is 74.3 Å². The molecule has 1 saturated carbocycles. The summed E-state index contributed by atoms with van der Waals surface area (Å²) in [5.74, 6) is 2.31. The zero-order chi connectivity index (χ0) is 14.5. The minimum absolute atomic E-state index is 0.279. The van der Waals surface area contributed by atoms with Gasteiger partial charge < -0.3 is 0 Å². The number of rotatable bonds is 0. The standard InChI is InChI=1S/C21H22O/c22-20-16-4-1-12-9-14(16)3-6-19(20)21-8-7-15(11-21)17-10-13(12)2-5-18(17)21/h1,4,9,13,15,19H,2-3,5-8,10-11H2. The van der Waals surface area contributed by atoms with Gasteiger partial charge in [0.25, 0.3) is 0 Å². The lowest BCUT2D eigenvalue weighted by Crippen LogP contribution is -2.38. The van der Waals surface area contributed by atoms with E-state index in [9.17, 15) is 4.79 Å². The van der Waals surface area contributed by atoms with Crippen LogP contribution in [0.15, 0.2) is 29.3 Å². The number of fused-ring (bicyclic) bond motifs is 1. The van der Waals surface area contributed by atoms with Crippen LogP contribution < -0.4 is 0 Å². The normalized spacial score (nSPS) is 40.7. The van der Waals surface area contributed by atoms with Crippen molar-refractivity contribution in [3.8, 4) is 0 Å². The molecule has 10 rings (SSSR count). The van der Waals surface area contributed by atoms with Crippen molar-refractivity contribution in [3.63, 3.8) is 0 Å². The van der Waals surface area contributed by atoms with Gasteiger partial charge in [0, 0.05) is 16.9 Å². The van der Waals surface area contributed by atoms with Crippen LogP contribution in [0.2, 0.25) is 0 Å². The predicted octanol–water partition coefficient (Wildman–Crippen LogP) is 4.81. The smallest absolute Gasteiger partial charge is 0.167 e. The molecule has 0 aliphatic heterocycles. The molecule has 0 saturated heterocycles. The molecule has 4 atom stereocenters. The average Bonchev–Trinajstić information content (AvgIpc) is 3.11. The summed E-state index contributed by atoms with van der Waals surface area (Å²) in [7, 11) is 0. The van der Waals surface area contributed by atoms with Crippen LogP contribution in [0.4, 0.5) is 0 Å². The van der Waals surface area contributed by atoms with E-state index in [1.54, 1.807) is 11.1 Å². The quantitative estimate of drug-likeness (QED) is 0.627. The second-order valence-corrected chi connectivity index (χ2v) is 8.41. The maximum absolute atomic E-state index is 13.3. The van der Waals surface area contributed by atoms with Crippen molar-refractivity contribution < 1.29 is 4.79 Å². The van der Waals surface area contributed by atoms with Gasteiger partial charge in [-0.2, -0.15) is 0 Å². The molecule has 1 nitrogen and oxygen atoms in total. The van der Waals surface area contributed by atoms with Gasteiger partial charge >= 0.3 is 0 Å². The van der Waals surface area contributed by atoms with Gasteiger partial charge in [-0.25, -0.2) is 0 Å². The first-order chi connectivity index (χ1) is 10.8. The number of hydrogen-bond donors (Lipinski definition) is 0. The van der Waals surface area contributed by atoms with E-state index in [2.05, 4.69) is 18.2 Å². The van der Waals surface area contributed by atoms with E-state index in [1.807, 2.05) is 0 Å². The predicted molar refractivity (Wildman–Crippen MR) is 86.0 cm³/mol. The summed E-state index contributed by atoms with van der Waals surface area (Å²) >= 11 is 0. The van der Waals surface area contributed by atoms with Crippen molar-refractivity contribution >= 4 is 5.78 Å². The molecule has 0 heterocycles. The summed E-state index contributed by atoms with van der Waals surface area (Å²) in [5.41, 5.74) is 7.77. The number of carbonyl (C=O) groups excluding carboxylic acids is 1. The highest BCUT2D eigenvalue weighted by Gasteiger charge is 2.57. The zero-order valence-corrected chi connectivity index (χ0v) is 13.0. The number of Topliss-reactive ketones (excluding diaryl/α,β-unsaturated/α-hetero) is 1. The van der Waals surface area contributed by atoms with Gasteiger partial charge in [0.2, 0.25) is 0 Å². The third kappa shape index (κ3) is 1.23. The lowest BCUT2D eigenvalue weighted by molar-refractivity contribution is 0.0769. The summed E-state index contributed by atoms with van der Waals surface area (Å²) in [6.45, 7) is 0. The molecule has 1 fully saturated rings. The van der Waals surface area contributed by atoms with E-state index < -0.39 is 0 Å². The van der Waals surface area contributed by atoms with Crippen LogP contribution in [0, 0.1) is 17.3 Å². The molecule has 0 N–H and O–H groups in total. The molecule has 112 valence electrons. The molecule has 0 aromatic heterocycles. The molecule has 9 bridgehead atoms. The van der Waals surface area contributed by atoms with Gasteiger partial charge in [-0.15, -0.1) is 0 Å². The first-order valence-corrected chi connectivity index (χ1v) is 9.16. The molecular formula is C21H22O. The highest BCUT2D eigenvalue weighted by atomic mass is 16.1. The summed E-state index contributed by atoms with van der Waals surface area (Å²) in [4.78, 5) is 13.3. The van der Waals surface area contributed by atoms with Crippen molar-refractivity contribution in [1.29, 1.82) is 0 Å². The third-order valence-corrected chi connectivity index (χ3v) is 7.79. The van der Waals surface area contributed by atoms with Crippen LogP contribution in [0.5, 0.6) is 0 Å². The van der Waals surface area contributed by atoms with Crippen LogP contribution in [-0.4, -0.2) is 5.78 Å². The van der Waals surface area contributed by atoms with Crippen molar-refractivity contribution in [2.45, 2.75) is 57.3 Å². The SMILES string of the molecule is O=C1c2ccc3cc2CCC1C12CCC(C1)C1=C2CCC3C1. The van der Waals surface area contributed by atoms with E-state index in [1.165, 1.54) is 49.7 Å². The van der Waals surface area contributed by atoms with Crippen LogP contribution in [0.1, 0.15) is 72.3 Å². The van der Waals surface area contributed by atoms with Crippen LogP contribution in [0.25, 0.3) is 0 Å². The van der Waals surface area contributed by atoms with Crippen molar-refractivity contribution in [3.05, 3.63) is 46.0 Å². The largest absolute Gasteiger partial charge is 0.294 e. The molecular weight excluding hydrogens is 268 g/mol. The van der Waals surface area contributed by atoms with Crippen LogP contribution >= 0.6 is 0 Å². The van der Waals surface area contributed by atoms with Crippen molar-refractivity contribution in [1.82, 2.24) is 0 Å². The highest BCUT2D eigenvalue weighted by Crippen LogP contribution is 2.67. The highest BCUT2D eigenvalue weighted by molar-refractivity contribution is 6.01. The van der Waals surface area contributed by atoms with Crippen LogP contribution in [0.3, 0.4) is 0 Å². The number of allylic oxidation sites excluding steroid dienone is 2. The Morgan fingerprint density at radius 3 is 2.95 bits per heavy atom. The average molecular weight is 290 g/mol. The molecule has 9 aliphatic carbocycles. The van der Waals surface area contributed by atoms with Crippen LogP contribution in [-0.2, 0) is 6.42 Å². The summed E-state index contributed by atoms with van der Waals surface area (Å²) < 4.78 is 0. The Morgan fingerprint density at radius 2 is 2.00 bits per heavy atom. The maximum Gasteiger partial charge on any atom is 0.167 e. The Morgan fingerprint density at radius 1 is 1.05 bits per heavy atom. The molecule has 1 aromatic carbocycles. The fraction of sp³-hybridized carbons (Fsp3) is 0.571. The molecule has 0 radical (unpaired) electrons. The first kappa shape index (κ1) is 12.1. The van der Waals surface area contributed by atoms with E-state index in [0.29, 0.717) is 11.7 Å². The second-order valence-electron chi connectivity index (χ2n) is 8.41. The fourth-order valence-corrected chi connectivity index (χ4v) is 6.87. The van der Waals surface area contributed by atoms with Gasteiger partial charge in [0.15, 0.2) is 5.78 Å². The van der Waals surface area contributed by atoms with E-state index in [4.69, 9.17) is 0 Å². The monoisotopic (exact) mass is 290 g/mol. The lowest BCUT2D eigenvalue weighted by atomic mass is 9.61. The molecule has 1 heteroatoms. The number of benzene rings is 1. The summed E-state index contributed by atoms with van der Waals surface area (Å²) in [6.07, 6.45) is 10.1.